The molecule has 2 aromatic rings. The standard InChI is InChI=1S/C23H29NO2/c25-22-11-5-12-23(22)13-6-14-24(18-23)16-20-9-4-10-21(15-20)26-17-19-7-2-1-3-8-19/h1-4,7-10,15,22,25H,5-6,11-14,16-18H2/t22-,23-/m1/s1. The van der Waals surface area contributed by atoms with Gasteiger partial charge in [0.15, 0.2) is 0 Å². The van der Waals surface area contributed by atoms with E-state index in [0.717, 1.165) is 31.8 Å². The second kappa shape index (κ2) is 7.81. The molecule has 1 saturated heterocycles. The molecule has 3 nitrogen and oxygen atoms in total. The van der Waals surface area contributed by atoms with Gasteiger partial charge in [-0.1, -0.05) is 48.9 Å². The molecule has 2 aliphatic rings. The van der Waals surface area contributed by atoms with E-state index < -0.39 is 0 Å². The minimum Gasteiger partial charge on any atom is -0.489 e. The Hall–Kier alpha value is -1.84. The van der Waals surface area contributed by atoms with Crippen molar-refractivity contribution in [2.45, 2.75) is 51.4 Å². The third-order valence-electron chi connectivity index (χ3n) is 6.10. The third-order valence-corrected chi connectivity index (χ3v) is 6.10. The highest BCUT2D eigenvalue weighted by Crippen LogP contribution is 2.45. The molecule has 0 unspecified atom stereocenters. The minimum atomic E-state index is -0.106. The molecule has 1 aliphatic heterocycles. The maximum atomic E-state index is 10.5. The first-order chi connectivity index (χ1) is 12.7. The van der Waals surface area contributed by atoms with Crippen molar-refractivity contribution < 1.29 is 9.84 Å². The fourth-order valence-corrected chi connectivity index (χ4v) is 4.72. The molecular formula is C23H29NO2. The molecule has 4 rings (SSSR count). The van der Waals surface area contributed by atoms with Gasteiger partial charge in [-0.25, -0.2) is 0 Å². The zero-order valence-corrected chi connectivity index (χ0v) is 15.4. The molecule has 0 amide bonds. The molecule has 26 heavy (non-hydrogen) atoms. The number of hydrogen-bond acceptors (Lipinski definition) is 3. The number of aliphatic hydroxyl groups is 1. The van der Waals surface area contributed by atoms with Crippen LogP contribution in [0.3, 0.4) is 0 Å². The van der Waals surface area contributed by atoms with Gasteiger partial charge in [0.05, 0.1) is 6.10 Å². The SMILES string of the molecule is O[C@@H]1CCC[C@]12CCCN(Cc1cccc(OCc3ccccc3)c1)C2. The molecule has 3 heteroatoms. The van der Waals surface area contributed by atoms with Gasteiger partial charge in [0.1, 0.15) is 12.4 Å². The van der Waals surface area contributed by atoms with E-state index in [1.54, 1.807) is 0 Å². The Morgan fingerprint density at radius 1 is 1.00 bits per heavy atom. The lowest BCUT2D eigenvalue weighted by atomic mass is 9.76. The first kappa shape index (κ1) is 17.6. The fraction of sp³-hybridized carbons (Fsp3) is 0.478. The van der Waals surface area contributed by atoms with Gasteiger partial charge in [0.25, 0.3) is 0 Å². The zero-order valence-electron chi connectivity index (χ0n) is 15.4. The van der Waals surface area contributed by atoms with Crippen LogP contribution in [0.4, 0.5) is 0 Å². The lowest BCUT2D eigenvalue weighted by Crippen LogP contribution is -2.46. The van der Waals surface area contributed by atoms with Gasteiger partial charge in [-0.15, -0.1) is 0 Å². The number of nitrogens with zero attached hydrogens (tertiary/aromatic N) is 1. The second-order valence-corrected chi connectivity index (χ2v) is 8.01. The summed E-state index contributed by atoms with van der Waals surface area (Å²) < 4.78 is 5.97. The highest BCUT2D eigenvalue weighted by molar-refractivity contribution is 5.29. The first-order valence-electron chi connectivity index (χ1n) is 9.90. The van der Waals surface area contributed by atoms with E-state index in [1.165, 1.54) is 36.8 Å². The zero-order chi connectivity index (χ0) is 17.8. The molecule has 2 aromatic carbocycles. The summed E-state index contributed by atoms with van der Waals surface area (Å²) >= 11 is 0. The van der Waals surface area contributed by atoms with E-state index in [9.17, 15) is 5.11 Å². The van der Waals surface area contributed by atoms with Gasteiger partial charge in [0.2, 0.25) is 0 Å². The Kier molecular flexibility index (Phi) is 5.28. The Bertz CT molecular complexity index is 717. The molecule has 1 N–H and O–H groups in total. The predicted molar refractivity (Wildman–Crippen MR) is 104 cm³/mol. The van der Waals surface area contributed by atoms with E-state index in [0.29, 0.717) is 6.61 Å². The summed E-state index contributed by atoms with van der Waals surface area (Å²) in [4.78, 5) is 2.52. The average molecular weight is 351 g/mol. The van der Waals surface area contributed by atoms with E-state index >= 15 is 0 Å². The van der Waals surface area contributed by atoms with Gasteiger partial charge in [-0.05, 0) is 55.5 Å². The van der Waals surface area contributed by atoms with Crippen molar-refractivity contribution in [2.24, 2.45) is 5.41 Å². The number of piperidine rings is 1. The summed E-state index contributed by atoms with van der Waals surface area (Å²) in [6.07, 6.45) is 5.62. The average Bonchev–Trinajstić information content (AvgIpc) is 3.01. The number of aliphatic hydroxyl groups excluding tert-OH is 1. The van der Waals surface area contributed by atoms with Crippen molar-refractivity contribution in [1.29, 1.82) is 0 Å². The van der Waals surface area contributed by atoms with Crippen molar-refractivity contribution in [2.75, 3.05) is 13.1 Å². The van der Waals surface area contributed by atoms with Gasteiger partial charge < -0.3 is 9.84 Å². The molecule has 1 heterocycles. The molecule has 1 aliphatic carbocycles. The van der Waals surface area contributed by atoms with Crippen molar-refractivity contribution in [3.05, 3.63) is 65.7 Å². The Labute approximate surface area is 156 Å². The van der Waals surface area contributed by atoms with E-state index in [-0.39, 0.29) is 11.5 Å². The quantitative estimate of drug-likeness (QED) is 0.867. The number of rotatable bonds is 5. The number of benzene rings is 2. The Morgan fingerprint density at radius 2 is 1.81 bits per heavy atom. The normalized spacial score (nSPS) is 26.3. The lowest BCUT2D eigenvalue weighted by molar-refractivity contribution is -0.0120. The van der Waals surface area contributed by atoms with Crippen LogP contribution < -0.4 is 4.74 Å². The van der Waals surface area contributed by atoms with Crippen LogP contribution in [-0.4, -0.2) is 29.2 Å². The Balaban J connectivity index is 1.37. The van der Waals surface area contributed by atoms with Crippen LogP contribution in [0.2, 0.25) is 0 Å². The summed E-state index contributed by atoms with van der Waals surface area (Å²) in [5.41, 5.74) is 2.63. The number of ether oxygens (including phenoxy) is 1. The van der Waals surface area contributed by atoms with Crippen LogP contribution >= 0.6 is 0 Å². The molecule has 1 saturated carbocycles. The molecule has 2 fully saturated rings. The number of likely N-dealkylation sites (tertiary alicyclic amines) is 1. The molecule has 138 valence electrons. The molecule has 0 bridgehead atoms. The monoisotopic (exact) mass is 351 g/mol. The second-order valence-electron chi connectivity index (χ2n) is 8.01. The summed E-state index contributed by atoms with van der Waals surface area (Å²) in [6, 6.07) is 18.7. The summed E-state index contributed by atoms with van der Waals surface area (Å²) in [5.74, 6) is 0.930. The van der Waals surface area contributed by atoms with Crippen LogP contribution in [0.5, 0.6) is 5.75 Å². The van der Waals surface area contributed by atoms with E-state index in [1.807, 2.05) is 24.3 Å². The topological polar surface area (TPSA) is 32.7 Å². The maximum Gasteiger partial charge on any atom is 0.120 e. The third kappa shape index (κ3) is 3.94. The Morgan fingerprint density at radius 3 is 2.62 bits per heavy atom. The summed E-state index contributed by atoms with van der Waals surface area (Å²) in [5, 5.41) is 10.5. The van der Waals surface area contributed by atoms with Crippen LogP contribution in [-0.2, 0) is 13.2 Å². The van der Waals surface area contributed by atoms with Crippen LogP contribution in [0.25, 0.3) is 0 Å². The van der Waals surface area contributed by atoms with Gasteiger partial charge in [-0.2, -0.15) is 0 Å². The van der Waals surface area contributed by atoms with Crippen molar-refractivity contribution in [3.63, 3.8) is 0 Å². The predicted octanol–water partition coefficient (Wildman–Crippen LogP) is 4.39. The van der Waals surface area contributed by atoms with Gasteiger partial charge >= 0.3 is 0 Å². The van der Waals surface area contributed by atoms with Crippen molar-refractivity contribution in [3.8, 4) is 5.75 Å². The maximum absolute atomic E-state index is 10.5. The molecule has 0 radical (unpaired) electrons. The lowest BCUT2D eigenvalue weighted by Gasteiger charge is -2.42. The number of hydrogen-bond donors (Lipinski definition) is 1. The highest BCUT2D eigenvalue weighted by atomic mass is 16.5. The molecular weight excluding hydrogens is 322 g/mol. The van der Waals surface area contributed by atoms with Gasteiger partial charge in [0, 0.05) is 18.5 Å². The largest absolute Gasteiger partial charge is 0.489 e. The van der Waals surface area contributed by atoms with Crippen LogP contribution in [0.15, 0.2) is 54.6 Å². The highest BCUT2D eigenvalue weighted by Gasteiger charge is 2.44. The molecule has 1 spiro atoms. The van der Waals surface area contributed by atoms with E-state index in [4.69, 9.17) is 4.74 Å². The molecule has 0 aromatic heterocycles. The summed E-state index contributed by atoms with van der Waals surface area (Å²) in [7, 11) is 0. The van der Waals surface area contributed by atoms with Crippen LogP contribution in [0, 0.1) is 5.41 Å². The van der Waals surface area contributed by atoms with Crippen molar-refractivity contribution >= 4 is 0 Å². The van der Waals surface area contributed by atoms with Crippen molar-refractivity contribution in [1.82, 2.24) is 4.90 Å². The van der Waals surface area contributed by atoms with E-state index in [2.05, 4.69) is 35.2 Å². The fourth-order valence-electron chi connectivity index (χ4n) is 4.72. The van der Waals surface area contributed by atoms with Crippen LogP contribution in [0.1, 0.15) is 43.2 Å². The first-order valence-corrected chi connectivity index (χ1v) is 9.90. The summed E-state index contributed by atoms with van der Waals surface area (Å²) in [6.45, 7) is 3.70. The molecule has 2 atom stereocenters. The van der Waals surface area contributed by atoms with Gasteiger partial charge in [-0.3, -0.25) is 4.90 Å². The smallest absolute Gasteiger partial charge is 0.120 e. The minimum absolute atomic E-state index is 0.106.